The number of carbonyl (C=O) groups excluding carboxylic acids is 2. The van der Waals surface area contributed by atoms with Crippen LogP contribution in [-0.4, -0.2) is 11.9 Å². The third-order valence-electron chi connectivity index (χ3n) is 2.25. The fraction of sp³-hybridized carbons (Fsp3) is 0.273. The average molecular weight is 260 g/mol. The van der Waals surface area contributed by atoms with Gasteiger partial charge in [0.25, 0.3) is 6.29 Å². The van der Waals surface area contributed by atoms with Crippen LogP contribution in [0.3, 0.4) is 0 Å². The maximum absolute atomic E-state index is 12.5. The minimum Gasteiger partial charge on any atom is -0.420 e. The molecule has 1 aromatic rings. The van der Waals surface area contributed by atoms with E-state index >= 15 is 0 Å². The highest BCUT2D eigenvalue weighted by molar-refractivity contribution is 5.92. The monoisotopic (exact) mass is 260 g/mol. The summed E-state index contributed by atoms with van der Waals surface area (Å²) in [5.41, 5.74) is -0.941. The SMILES string of the molecule is O=C1CC(=O)OC(c2cccc(C(F)(F)F)c2)O1. The lowest BCUT2D eigenvalue weighted by molar-refractivity contribution is -0.204. The molecule has 4 nitrogen and oxygen atoms in total. The van der Waals surface area contributed by atoms with Gasteiger partial charge in [-0.05, 0) is 12.1 Å². The standard InChI is InChI=1S/C11H7F3O4/c12-11(13,14)7-3-1-2-6(4-7)10-17-8(15)5-9(16)18-10/h1-4,10H,5H2. The van der Waals surface area contributed by atoms with E-state index in [0.717, 1.165) is 18.2 Å². The third kappa shape index (κ3) is 2.61. The predicted molar refractivity (Wildman–Crippen MR) is 51.0 cm³/mol. The number of halogens is 3. The Morgan fingerprint density at radius 2 is 1.72 bits per heavy atom. The van der Waals surface area contributed by atoms with Crippen molar-refractivity contribution < 1.29 is 32.2 Å². The molecule has 1 saturated heterocycles. The zero-order valence-corrected chi connectivity index (χ0v) is 8.86. The first-order valence-electron chi connectivity index (χ1n) is 4.92. The molecule has 0 spiro atoms. The Labute approximate surface area is 99.3 Å². The van der Waals surface area contributed by atoms with Crippen LogP contribution in [-0.2, 0) is 25.2 Å². The van der Waals surface area contributed by atoms with E-state index < -0.39 is 36.4 Å². The minimum atomic E-state index is -4.52. The Bertz CT molecular complexity index is 479. The van der Waals surface area contributed by atoms with Crippen molar-refractivity contribution in [3.8, 4) is 0 Å². The number of benzene rings is 1. The zero-order chi connectivity index (χ0) is 13.3. The molecular formula is C11H7F3O4. The molecule has 0 saturated carbocycles. The Balaban J connectivity index is 2.28. The number of hydrogen-bond donors (Lipinski definition) is 0. The second-order valence-corrected chi connectivity index (χ2v) is 3.61. The molecule has 1 fully saturated rings. The van der Waals surface area contributed by atoms with Gasteiger partial charge in [0.2, 0.25) is 0 Å². The van der Waals surface area contributed by atoms with E-state index in [-0.39, 0.29) is 5.56 Å². The molecule has 0 aromatic heterocycles. The van der Waals surface area contributed by atoms with Gasteiger partial charge in [0.1, 0.15) is 6.42 Å². The van der Waals surface area contributed by atoms with E-state index in [1.165, 1.54) is 6.07 Å². The average Bonchev–Trinajstić information content (AvgIpc) is 2.27. The van der Waals surface area contributed by atoms with Gasteiger partial charge in [-0.1, -0.05) is 12.1 Å². The highest BCUT2D eigenvalue weighted by atomic mass is 19.4. The van der Waals surface area contributed by atoms with E-state index in [1.54, 1.807) is 0 Å². The lowest BCUT2D eigenvalue weighted by Crippen LogP contribution is -2.27. The normalized spacial score (nSPS) is 17.3. The Hall–Kier alpha value is -2.05. The number of ether oxygens (including phenoxy) is 2. The van der Waals surface area contributed by atoms with Crippen molar-refractivity contribution in [2.45, 2.75) is 18.9 Å². The Morgan fingerprint density at radius 1 is 1.11 bits per heavy atom. The second kappa shape index (κ2) is 4.32. The van der Waals surface area contributed by atoms with Crippen LogP contribution < -0.4 is 0 Å². The Kier molecular flexibility index (Phi) is 2.98. The number of hydrogen-bond acceptors (Lipinski definition) is 4. The smallest absolute Gasteiger partial charge is 0.416 e. The minimum absolute atomic E-state index is 0.0359. The maximum atomic E-state index is 12.5. The molecule has 1 aliphatic rings. The fourth-order valence-corrected chi connectivity index (χ4v) is 1.46. The molecule has 0 atom stereocenters. The Morgan fingerprint density at radius 3 is 2.28 bits per heavy atom. The molecule has 2 rings (SSSR count). The molecular weight excluding hydrogens is 253 g/mol. The van der Waals surface area contributed by atoms with Crippen LogP contribution in [0.1, 0.15) is 23.8 Å². The number of cyclic esters (lactones) is 2. The first kappa shape index (κ1) is 12.4. The summed E-state index contributed by atoms with van der Waals surface area (Å²) in [4.78, 5) is 22.0. The quantitative estimate of drug-likeness (QED) is 0.573. The summed E-state index contributed by atoms with van der Waals surface area (Å²) in [6.45, 7) is 0. The molecule has 96 valence electrons. The van der Waals surface area contributed by atoms with Crippen molar-refractivity contribution in [3.05, 3.63) is 35.4 Å². The lowest BCUT2D eigenvalue weighted by Gasteiger charge is -2.22. The topological polar surface area (TPSA) is 52.6 Å². The van der Waals surface area contributed by atoms with E-state index in [4.69, 9.17) is 0 Å². The van der Waals surface area contributed by atoms with Gasteiger partial charge in [-0.3, -0.25) is 9.59 Å². The number of alkyl halides is 3. The molecule has 1 heterocycles. The van der Waals surface area contributed by atoms with Crippen molar-refractivity contribution in [2.24, 2.45) is 0 Å². The van der Waals surface area contributed by atoms with Crippen LogP contribution in [0.4, 0.5) is 13.2 Å². The molecule has 1 aromatic carbocycles. The molecule has 1 aliphatic heterocycles. The van der Waals surface area contributed by atoms with Gasteiger partial charge >= 0.3 is 18.1 Å². The number of esters is 2. The highest BCUT2D eigenvalue weighted by Gasteiger charge is 2.33. The third-order valence-corrected chi connectivity index (χ3v) is 2.25. The molecule has 0 N–H and O–H groups in total. The van der Waals surface area contributed by atoms with E-state index in [9.17, 15) is 22.8 Å². The molecule has 0 amide bonds. The second-order valence-electron chi connectivity index (χ2n) is 3.61. The van der Waals surface area contributed by atoms with Crippen LogP contribution in [0, 0.1) is 0 Å². The van der Waals surface area contributed by atoms with Crippen molar-refractivity contribution in [2.75, 3.05) is 0 Å². The number of carbonyl (C=O) groups is 2. The van der Waals surface area contributed by atoms with E-state index in [2.05, 4.69) is 9.47 Å². The van der Waals surface area contributed by atoms with Crippen molar-refractivity contribution in [1.29, 1.82) is 0 Å². The lowest BCUT2D eigenvalue weighted by atomic mass is 10.1. The van der Waals surface area contributed by atoms with Crippen molar-refractivity contribution >= 4 is 11.9 Å². The van der Waals surface area contributed by atoms with Gasteiger partial charge in [0.05, 0.1) is 5.56 Å². The summed E-state index contributed by atoms with van der Waals surface area (Å²) in [6.07, 6.45) is -6.46. The van der Waals surface area contributed by atoms with E-state index in [0.29, 0.717) is 0 Å². The highest BCUT2D eigenvalue weighted by Crippen LogP contribution is 2.32. The summed E-state index contributed by atoms with van der Waals surface area (Å²) in [6, 6.07) is 4.08. The maximum Gasteiger partial charge on any atom is 0.416 e. The molecule has 0 radical (unpaired) electrons. The zero-order valence-electron chi connectivity index (χ0n) is 8.86. The van der Waals surface area contributed by atoms with Gasteiger partial charge in [-0.25, -0.2) is 0 Å². The van der Waals surface area contributed by atoms with Crippen LogP contribution in [0.5, 0.6) is 0 Å². The fourth-order valence-electron chi connectivity index (χ4n) is 1.46. The molecule has 18 heavy (non-hydrogen) atoms. The molecule has 0 unspecified atom stereocenters. The van der Waals surface area contributed by atoms with Crippen LogP contribution in [0.15, 0.2) is 24.3 Å². The summed E-state index contributed by atoms with van der Waals surface area (Å²) in [5, 5.41) is 0. The predicted octanol–water partition coefficient (Wildman–Crippen LogP) is 2.19. The summed E-state index contributed by atoms with van der Waals surface area (Å²) < 4.78 is 46.7. The van der Waals surface area contributed by atoms with Gasteiger partial charge in [0, 0.05) is 5.56 Å². The molecule has 0 bridgehead atoms. The first-order chi connectivity index (χ1) is 8.36. The van der Waals surface area contributed by atoms with Gasteiger partial charge in [0.15, 0.2) is 0 Å². The van der Waals surface area contributed by atoms with E-state index in [1.807, 2.05) is 0 Å². The summed E-state index contributed by atoms with van der Waals surface area (Å²) >= 11 is 0. The largest absolute Gasteiger partial charge is 0.420 e. The van der Waals surface area contributed by atoms with Gasteiger partial charge < -0.3 is 9.47 Å². The first-order valence-corrected chi connectivity index (χ1v) is 4.92. The van der Waals surface area contributed by atoms with Crippen molar-refractivity contribution in [3.63, 3.8) is 0 Å². The van der Waals surface area contributed by atoms with Crippen molar-refractivity contribution in [1.82, 2.24) is 0 Å². The van der Waals surface area contributed by atoms with Crippen LogP contribution in [0.25, 0.3) is 0 Å². The van der Waals surface area contributed by atoms with Crippen LogP contribution >= 0.6 is 0 Å². The molecule has 7 heteroatoms. The number of rotatable bonds is 1. The van der Waals surface area contributed by atoms with Gasteiger partial charge in [-0.15, -0.1) is 0 Å². The van der Waals surface area contributed by atoms with Gasteiger partial charge in [-0.2, -0.15) is 13.2 Å². The summed E-state index contributed by atoms with van der Waals surface area (Å²) in [7, 11) is 0. The molecule has 0 aliphatic carbocycles. The van der Waals surface area contributed by atoms with Crippen LogP contribution in [0.2, 0.25) is 0 Å². The summed E-state index contributed by atoms with van der Waals surface area (Å²) in [5.74, 6) is -1.65.